The van der Waals surface area contributed by atoms with E-state index < -0.39 is 24.3 Å². The van der Waals surface area contributed by atoms with Gasteiger partial charge in [-0.15, -0.1) is 11.8 Å². The van der Waals surface area contributed by atoms with Crippen molar-refractivity contribution in [2.45, 2.75) is 11.1 Å². The van der Waals surface area contributed by atoms with Crippen molar-refractivity contribution < 1.29 is 27.8 Å². The van der Waals surface area contributed by atoms with Gasteiger partial charge in [0.25, 0.3) is 0 Å². The highest BCUT2D eigenvalue weighted by molar-refractivity contribution is 7.99. The van der Waals surface area contributed by atoms with E-state index in [0.29, 0.717) is 22.1 Å². The minimum Gasteiger partial charge on any atom is -0.482 e. The second kappa shape index (κ2) is 10.6. The number of carboxylic acids is 1. The highest BCUT2D eigenvalue weighted by Crippen LogP contribution is 2.34. The van der Waals surface area contributed by atoms with E-state index in [-0.39, 0.29) is 0 Å². The van der Waals surface area contributed by atoms with E-state index in [1.54, 1.807) is 18.2 Å². The maximum absolute atomic E-state index is 12.9. The summed E-state index contributed by atoms with van der Waals surface area (Å²) >= 11 is 7.72. The highest BCUT2D eigenvalue weighted by Gasteiger charge is 2.30. The quantitative estimate of drug-likeness (QED) is 0.352. The summed E-state index contributed by atoms with van der Waals surface area (Å²) in [5.41, 5.74) is 1.68. The number of ether oxygens (including phenoxy) is 1. The van der Waals surface area contributed by atoms with Crippen LogP contribution in [0.3, 0.4) is 0 Å². The number of carboxylic acid groups (broad SMARTS) is 1. The van der Waals surface area contributed by atoms with Gasteiger partial charge in [-0.2, -0.15) is 13.2 Å². The third kappa shape index (κ3) is 6.55. The molecule has 0 aliphatic heterocycles. The summed E-state index contributed by atoms with van der Waals surface area (Å²) in [6.07, 6.45) is -2.45. The van der Waals surface area contributed by atoms with Crippen LogP contribution in [0.2, 0.25) is 5.02 Å². The lowest BCUT2D eigenvalue weighted by Gasteiger charge is -2.12. The fraction of sp³-hybridized carbons (Fsp3) is 0.125. The molecule has 166 valence electrons. The maximum atomic E-state index is 12.9. The van der Waals surface area contributed by atoms with Crippen molar-refractivity contribution in [2.24, 2.45) is 0 Å². The van der Waals surface area contributed by atoms with Crippen LogP contribution in [-0.2, 0) is 11.0 Å². The van der Waals surface area contributed by atoms with Gasteiger partial charge < -0.3 is 9.84 Å². The van der Waals surface area contributed by atoms with Crippen molar-refractivity contribution in [1.29, 1.82) is 0 Å². The molecule has 0 aromatic heterocycles. The Balaban J connectivity index is 1.79. The second-order valence-electron chi connectivity index (χ2n) is 6.64. The first-order valence-corrected chi connectivity index (χ1v) is 10.8. The zero-order chi connectivity index (χ0) is 23.1. The van der Waals surface area contributed by atoms with Gasteiger partial charge in [-0.1, -0.05) is 60.1 Å². The van der Waals surface area contributed by atoms with Crippen LogP contribution >= 0.6 is 23.4 Å². The number of hydrogen-bond acceptors (Lipinski definition) is 3. The molecule has 1 N–H and O–H groups in total. The summed E-state index contributed by atoms with van der Waals surface area (Å²) in [7, 11) is 0. The summed E-state index contributed by atoms with van der Waals surface area (Å²) in [5, 5.41) is 9.10. The Morgan fingerprint density at radius 1 is 1.00 bits per heavy atom. The van der Waals surface area contributed by atoms with Gasteiger partial charge in [0.05, 0.1) is 10.6 Å². The van der Waals surface area contributed by atoms with Crippen molar-refractivity contribution >= 4 is 34.9 Å². The molecule has 3 nitrogen and oxygen atoms in total. The summed E-state index contributed by atoms with van der Waals surface area (Å²) in [5.74, 6) is -0.214. The first-order valence-electron chi connectivity index (χ1n) is 9.44. The van der Waals surface area contributed by atoms with Gasteiger partial charge in [-0.25, -0.2) is 4.79 Å². The van der Waals surface area contributed by atoms with Crippen LogP contribution < -0.4 is 4.74 Å². The van der Waals surface area contributed by atoms with Crippen LogP contribution in [0.25, 0.3) is 5.57 Å². The minimum atomic E-state index is -4.39. The molecule has 3 aromatic rings. The third-order valence-electron chi connectivity index (χ3n) is 4.40. The Kier molecular flexibility index (Phi) is 7.88. The van der Waals surface area contributed by atoms with Gasteiger partial charge in [0, 0.05) is 10.6 Å². The second-order valence-corrected chi connectivity index (χ2v) is 8.11. The molecule has 8 heteroatoms. The molecule has 0 radical (unpaired) electrons. The Morgan fingerprint density at radius 2 is 1.66 bits per heavy atom. The zero-order valence-electron chi connectivity index (χ0n) is 16.6. The maximum Gasteiger partial charge on any atom is 0.416 e. The van der Waals surface area contributed by atoms with Crippen LogP contribution in [0.5, 0.6) is 5.75 Å². The highest BCUT2D eigenvalue weighted by atomic mass is 35.5. The summed E-state index contributed by atoms with van der Waals surface area (Å²) < 4.78 is 43.9. The molecule has 0 atom stereocenters. The molecule has 3 rings (SSSR count). The van der Waals surface area contributed by atoms with Crippen molar-refractivity contribution in [2.75, 3.05) is 12.4 Å². The number of hydrogen-bond donors (Lipinski definition) is 1. The third-order valence-corrected chi connectivity index (χ3v) is 5.83. The van der Waals surface area contributed by atoms with E-state index in [9.17, 15) is 18.0 Å². The zero-order valence-corrected chi connectivity index (χ0v) is 18.2. The standard InChI is InChI=1S/C24H18ClF3O3S/c25-21-14-19(31-15-23(29)30)10-11-22(21)32-13-12-20(16-4-2-1-3-5-16)17-6-8-18(9-7-17)24(26,27)28/h1-12,14H,13,15H2,(H,29,30). The van der Waals surface area contributed by atoms with Crippen molar-refractivity contribution in [3.05, 3.63) is 101 Å². The minimum absolute atomic E-state index is 0.354. The lowest BCUT2D eigenvalue weighted by molar-refractivity contribution is -0.139. The Morgan fingerprint density at radius 3 is 2.25 bits per heavy atom. The molecular weight excluding hydrogens is 461 g/mol. The smallest absolute Gasteiger partial charge is 0.416 e. The average molecular weight is 479 g/mol. The SMILES string of the molecule is O=C(O)COc1ccc(SCC=C(c2ccccc2)c2ccc(C(F)(F)F)cc2)c(Cl)c1. The van der Waals surface area contributed by atoms with E-state index in [2.05, 4.69) is 0 Å². The molecule has 32 heavy (non-hydrogen) atoms. The number of aliphatic carboxylic acids is 1. The number of thioether (sulfide) groups is 1. The lowest BCUT2D eigenvalue weighted by Crippen LogP contribution is -2.09. The molecule has 0 bridgehead atoms. The van der Waals surface area contributed by atoms with E-state index in [1.165, 1.54) is 23.9 Å². The largest absolute Gasteiger partial charge is 0.482 e. The van der Waals surface area contributed by atoms with Crippen LogP contribution in [0.1, 0.15) is 16.7 Å². The normalized spacial score (nSPS) is 11.9. The monoisotopic (exact) mass is 478 g/mol. The molecule has 0 saturated carbocycles. The first kappa shape index (κ1) is 23.8. The number of carbonyl (C=O) groups is 1. The predicted molar refractivity (Wildman–Crippen MR) is 120 cm³/mol. The Hall–Kier alpha value is -2.90. The molecule has 0 fully saturated rings. The number of alkyl halides is 3. The van der Waals surface area contributed by atoms with Crippen LogP contribution in [0.15, 0.2) is 83.8 Å². The fourth-order valence-electron chi connectivity index (χ4n) is 2.91. The lowest BCUT2D eigenvalue weighted by atomic mass is 9.97. The van der Waals surface area contributed by atoms with Gasteiger partial charge in [0.1, 0.15) is 5.75 Å². The first-order chi connectivity index (χ1) is 15.2. The topological polar surface area (TPSA) is 46.5 Å². The van der Waals surface area contributed by atoms with E-state index in [1.807, 2.05) is 36.4 Å². The Bertz CT molecular complexity index is 1100. The van der Waals surface area contributed by atoms with Crippen LogP contribution in [0, 0.1) is 0 Å². The van der Waals surface area contributed by atoms with Crippen LogP contribution in [0.4, 0.5) is 13.2 Å². The molecule has 0 aliphatic carbocycles. The summed E-state index contributed by atoms with van der Waals surface area (Å²) in [6, 6.07) is 19.4. The Labute approximate surface area is 192 Å². The van der Waals surface area contributed by atoms with E-state index >= 15 is 0 Å². The fourth-order valence-corrected chi connectivity index (χ4v) is 4.03. The number of benzene rings is 3. The average Bonchev–Trinajstić information content (AvgIpc) is 2.76. The van der Waals surface area contributed by atoms with Gasteiger partial charge in [-0.05, 0) is 47.0 Å². The molecule has 0 aliphatic rings. The van der Waals surface area contributed by atoms with Crippen LogP contribution in [-0.4, -0.2) is 23.4 Å². The van der Waals surface area contributed by atoms with Crippen molar-refractivity contribution in [3.8, 4) is 5.75 Å². The summed E-state index contributed by atoms with van der Waals surface area (Å²) in [4.78, 5) is 11.4. The van der Waals surface area contributed by atoms with Crippen molar-refractivity contribution in [3.63, 3.8) is 0 Å². The molecular formula is C24H18ClF3O3S. The van der Waals surface area contributed by atoms with Gasteiger partial charge in [0.2, 0.25) is 0 Å². The molecule has 0 spiro atoms. The molecule has 0 amide bonds. The number of rotatable bonds is 8. The molecule has 0 unspecified atom stereocenters. The predicted octanol–water partition coefficient (Wildman–Crippen LogP) is 7.05. The van der Waals surface area contributed by atoms with Gasteiger partial charge in [-0.3, -0.25) is 0 Å². The van der Waals surface area contributed by atoms with Gasteiger partial charge >= 0.3 is 12.1 Å². The number of halogens is 4. The van der Waals surface area contributed by atoms with E-state index in [4.69, 9.17) is 21.4 Å². The molecule has 0 saturated heterocycles. The molecule has 3 aromatic carbocycles. The van der Waals surface area contributed by atoms with Gasteiger partial charge in [0.15, 0.2) is 6.61 Å². The van der Waals surface area contributed by atoms with E-state index in [0.717, 1.165) is 28.2 Å². The van der Waals surface area contributed by atoms with Crippen molar-refractivity contribution in [1.82, 2.24) is 0 Å². The summed E-state index contributed by atoms with van der Waals surface area (Å²) in [6.45, 7) is -0.459. The molecule has 0 heterocycles.